The predicted molar refractivity (Wildman–Crippen MR) is 161 cm³/mol. The van der Waals surface area contributed by atoms with Gasteiger partial charge in [0.15, 0.2) is 5.76 Å². The van der Waals surface area contributed by atoms with Gasteiger partial charge in [-0.25, -0.2) is 9.78 Å². The van der Waals surface area contributed by atoms with Crippen molar-refractivity contribution in [1.82, 2.24) is 10.3 Å². The topological polar surface area (TPSA) is 102 Å². The minimum atomic E-state index is -1.06. The fourth-order valence-electron chi connectivity index (χ4n) is 4.33. The van der Waals surface area contributed by atoms with Gasteiger partial charge in [-0.1, -0.05) is 54.1 Å². The van der Waals surface area contributed by atoms with Crippen LogP contribution in [0, 0.1) is 6.92 Å². The molecule has 0 saturated heterocycles. The first-order valence-corrected chi connectivity index (χ1v) is 14.1. The van der Waals surface area contributed by atoms with Crippen molar-refractivity contribution in [3.05, 3.63) is 100 Å². The zero-order valence-electron chi connectivity index (χ0n) is 21.8. The number of aryl methyl sites for hydroxylation is 1. The third kappa shape index (κ3) is 7.20. The van der Waals surface area contributed by atoms with Gasteiger partial charge >= 0.3 is 24.8 Å². The van der Waals surface area contributed by atoms with Crippen LogP contribution in [-0.4, -0.2) is 66.0 Å². The Labute approximate surface area is 254 Å². The van der Waals surface area contributed by atoms with Crippen LogP contribution in [0.4, 0.5) is 0 Å². The van der Waals surface area contributed by atoms with Gasteiger partial charge in [0.1, 0.15) is 12.1 Å². The molecule has 1 aromatic heterocycles. The van der Waals surface area contributed by atoms with Gasteiger partial charge in [0.2, 0.25) is 5.89 Å². The van der Waals surface area contributed by atoms with E-state index in [4.69, 9.17) is 20.8 Å². The number of aliphatic carboxylic acids is 1. The molecular formula is C30H30ClLiN2O5S. The second-order valence-electron chi connectivity index (χ2n) is 8.93. The van der Waals surface area contributed by atoms with Crippen LogP contribution in [0.25, 0.3) is 22.6 Å². The Balaban J connectivity index is 0.00000441. The maximum absolute atomic E-state index is 13.4. The number of benzene rings is 3. The number of oxazole rings is 1. The van der Waals surface area contributed by atoms with Gasteiger partial charge < -0.3 is 19.6 Å². The van der Waals surface area contributed by atoms with Crippen LogP contribution >= 0.6 is 23.4 Å². The van der Waals surface area contributed by atoms with E-state index in [2.05, 4.69) is 10.3 Å². The molecule has 0 aliphatic heterocycles. The number of carboxylic acids is 1. The average Bonchev–Trinajstić information content (AvgIpc) is 3.41. The molecule has 4 rings (SSSR count). The van der Waals surface area contributed by atoms with E-state index in [0.717, 1.165) is 16.7 Å². The molecule has 1 amide bonds. The van der Waals surface area contributed by atoms with Gasteiger partial charge in [-0.2, -0.15) is 11.8 Å². The predicted octanol–water partition coefficient (Wildman–Crippen LogP) is 5.99. The van der Waals surface area contributed by atoms with Crippen molar-refractivity contribution >= 4 is 54.1 Å². The van der Waals surface area contributed by atoms with Crippen molar-refractivity contribution in [2.75, 3.05) is 19.1 Å². The summed E-state index contributed by atoms with van der Waals surface area (Å²) in [5, 5.41) is 12.9. The Morgan fingerprint density at radius 3 is 2.42 bits per heavy atom. The van der Waals surface area contributed by atoms with E-state index in [9.17, 15) is 14.7 Å². The molecule has 2 N–H and O–H groups in total. The molecule has 4 aromatic rings. The van der Waals surface area contributed by atoms with Crippen molar-refractivity contribution in [2.45, 2.75) is 25.5 Å². The number of carbonyl (C=O) groups excluding carboxylic acids is 1. The summed E-state index contributed by atoms with van der Waals surface area (Å²) in [7, 11) is 1.57. The van der Waals surface area contributed by atoms with E-state index in [0.29, 0.717) is 45.5 Å². The summed E-state index contributed by atoms with van der Waals surface area (Å²) >= 11 is 7.85. The van der Waals surface area contributed by atoms with Crippen molar-refractivity contribution < 1.29 is 23.8 Å². The van der Waals surface area contributed by atoms with E-state index in [-0.39, 0.29) is 18.9 Å². The third-order valence-electron chi connectivity index (χ3n) is 6.36. The monoisotopic (exact) mass is 572 g/mol. The third-order valence-corrected chi connectivity index (χ3v) is 7.34. The molecule has 1 heterocycles. The molecule has 0 spiro atoms. The van der Waals surface area contributed by atoms with Gasteiger partial charge in [0, 0.05) is 12.7 Å². The number of amides is 1. The quantitative estimate of drug-likeness (QED) is 0.213. The van der Waals surface area contributed by atoms with Crippen LogP contribution in [0.15, 0.2) is 77.3 Å². The number of thioether (sulfide) groups is 1. The molecule has 3 aromatic carbocycles. The molecule has 204 valence electrons. The SMILES string of the molecule is COC(c1ccc(C(=O)NC(CCSC)C(=O)O)c(-c2ccccc2C)c1)c1cnc(-c2ccccc2Cl)o1.[LiH]. The summed E-state index contributed by atoms with van der Waals surface area (Å²) in [6, 6.07) is 19.4. The number of halogens is 1. The summed E-state index contributed by atoms with van der Waals surface area (Å²) in [6.07, 6.45) is 3.21. The number of nitrogens with zero attached hydrogens (tertiary/aromatic N) is 1. The fraction of sp³-hybridized carbons (Fsp3) is 0.233. The molecule has 0 radical (unpaired) electrons. The average molecular weight is 573 g/mol. The standard InChI is InChI=1S/C30H29ClN2O5S.Li.H/c1-18-8-4-5-9-20(18)23-16-19(12-13-21(23)28(34)33-25(30(35)36)14-15-39-3)27(37-2)26-17-32-29(38-26)22-10-6-7-11-24(22)31;;/h4-13,16-17,25,27H,14-15H2,1-3H3,(H,33,34)(H,35,36);;. The summed E-state index contributed by atoms with van der Waals surface area (Å²) < 4.78 is 11.9. The second-order valence-corrected chi connectivity index (χ2v) is 10.3. The summed E-state index contributed by atoms with van der Waals surface area (Å²) in [5.74, 6) is -0.0569. The van der Waals surface area contributed by atoms with Crippen molar-refractivity contribution in [2.24, 2.45) is 0 Å². The Hall–Kier alpha value is -2.99. The van der Waals surface area contributed by atoms with E-state index in [1.54, 1.807) is 31.5 Å². The van der Waals surface area contributed by atoms with Crippen molar-refractivity contribution in [3.8, 4) is 22.6 Å². The van der Waals surface area contributed by atoms with Crippen LogP contribution in [0.5, 0.6) is 0 Å². The van der Waals surface area contributed by atoms with Crippen LogP contribution in [0.1, 0.15) is 39.8 Å². The Bertz CT molecular complexity index is 1480. The molecule has 0 bridgehead atoms. The normalized spacial score (nSPS) is 12.3. The number of carboxylic acid groups (broad SMARTS) is 1. The van der Waals surface area contributed by atoms with Crippen molar-refractivity contribution in [3.63, 3.8) is 0 Å². The minimum absolute atomic E-state index is 0. The molecule has 2 atom stereocenters. The zero-order chi connectivity index (χ0) is 27.9. The fourth-order valence-corrected chi connectivity index (χ4v) is 5.02. The first-order valence-electron chi connectivity index (χ1n) is 12.3. The molecule has 2 unspecified atom stereocenters. The molecule has 0 fully saturated rings. The van der Waals surface area contributed by atoms with Gasteiger partial charge in [-0.15, -0.1) is 0 Å². The Morgan fingerprint density at radius 1 is 1.07 bits per heavy atom. The van der Waals surface area contributed by atoms with E-state index in [1.165, 1.54) is 11.8 Å². The Kier molecular flexibility index (Phi) is 11.5. The number of hydrogen-bond acceptors (Lipinski definition) is 6. The van der Waals surface area contributed by atoms with Crippen LogP contribution in [-0.2, 0) is 9.53 Å². The van der Waals surface area contributed by atoms with Crippen LogP contribution < -0.4 is 5.32 Å². The number of carbonyl (C=O) groups is 2. The number of methoxy groups -OCH3 is 1. The molecule has 40 heavy (non-hydrogen) atoms. The van der Waals surface area contributed by atoms with Crippen LogP contribution in [0.3, 0.4) is 0 Å². The van der Waals surface area contributed by atoms with E-state index < -0.39 is 24.0 Å². The molecule has 0 saturated carbocycles. The number of hydrogen-bond donors (Lipinski definition) is 2. The number of ether oxygens (including phenoxy) is 1. The van der Waals surface area contributed by atoms with Crippen LogP contribution in [0.2, 0.25) is 5.02 Å². The molecule has 0 aliphatic rings. The Morgan fingerprint density at radius 2 is 1.77 bits per heavy atom. The molecule has 0 aliphatic carbocycles. The van der Waals surface area contributed by atoms with E-state index in [1.807, 2.05) is 61.7 Å². The zero-order valence-corrected chi connectivity index (χ0v) is 23.4. The van der Waals surface area contributed by atoms with Gasteiger partial charge in [0.25, 0.3) is 5.91 Å². The first-order chi connectivity index (χ1) is 18.8. The van der Waals surface area contributed by atoms with Gasteiger partial charge in [-0.05, 0) is 71.9 Å². The van der Waals surface area contributed by atoms with Gasteiger partial charge in [-0.3, -0.25) is 4.79 Å². The molecule has 10 heteroatoms. The summed E-state index contributed by atoms with van der Waals surface area (Å²) in [6.45, 7) is 1.96. The first kappa shape index (κ1) is 31.5. The van der Waals surface area contributed by atoms with Gasteiger partial charge in [0.05, 0.1) is 16.8 Å². The number of rotatable bonds is 11. The summed E-state index contributed by atoms with van der Waals surface area (Å²) in [4.78, 5) is 29.6. The second kappa shape index (κ2) is 14.6. The number of nitrogens with one attached hydrogen (secondary N) is 1. The molecule has 7 nitrogen and oxygen atoms in total. The summed E-state index contributed by atoms with van der Waals surface area (Å²) in [5.41, 5.74) is 4.26. The number of aromatic nitrogens is 1. The van der Waals surface area contributed by atoms with Crippen molar-refractivity contribution in [1.29, 1.82) is 0 Å². The van der Waals surface area contributed by atoms with E-state index >= 15 is 0 Å². The molecular weight excluding hydrogens is 543 g/mol. The maximum atomic E-state index is 13.4.